The molecule has 0 radical (unpaired) electrons. The average molecular weight is 417 g/mol. The highest BCUT2D eigenvalue weighted by molar-refractivity contribution is 7.89. The summed E-state index contributed by atoms with van der Waals surface area (Å²) in [5, 5.41) is 4.95. The molecule has 3 aromatic rings. The van der Waals surface area contributed by atoms with Crippen LogP contribution in [0.1, 0.15) is 17.8 Å². The molecule has 4 rings (SSSR count). The zero-order valence-corrected chi connectivity index (χ0v) is 17.3. The quantitative estimate of drug-likeness (QED) is 0.675. The molecule has 0 saturated carbocycles. The van der Waals surface area contributed by atoms with Gasteiger partial charge in [0, 0.05) is 62.6 Å². The minimum Gasteiger partial charge on any atom is -0.345 e. The predicted molar refractivity (Wildman–Crippen MR) is 108 cm³/mol. The highest BCUT2D eigenvalue weighted by atomic mass is 32.2. The van der Waals surface area contributed by atoms with Crippen molar-refractivity contribution in [2.24, 2.45) is 0 Å². The Morgan fingerprint density at radius 2 is 1.97 bits per heavy atom. The number of nitrogens with zero attached hydrogens (tertiary/aromatic N) is 5. The van der Waals surface area contributed by atoms with E-state index >= 15 is 0 Å². The van der Waals surface area contributed by atoms with E-state index in [0.717, 1.165) is 11.4 Å². The lowest BCUT2D eigenvalue weighted by molar-refractivity contribution is -0.132. The standard InChI is InChI=1S/C19H24N6O3S/c1-14-12-15(2)25(22-14)7-5-18(26)23-8-10-24(11-9-23)29(27,28)17-13-21-19-16(17)4-3-6-20-19/h3-4,6,12-13H,5,7-11H2,1-2H3,(H,20,21). The third kappa shape index (κ3) is 3.77. The van der Waals surface area contributed by atoms with Crippen molar-refractivity contribution in [3.8, 4) is 0 Å². The van der Waals surface area contributed by atoms with Gasteiger partial charge in [-0.25, -0.2) is 13.4 Å². The summed E-state index contributed by atoms with van der Waals surface area (Å²) in [5.41, 5.74) is 2.50. The second-order valence-corrected chi connectivity index (χ2v) is 9.14. The van der Waals surface area contributed by atoms with Crippen LogP contribution in [0.25, 0.3) is 11.0 Å². The van der Waals surface area contributed by atoms with Crippen LogP contribution in [0.5, 0.6) is 0 Å². The lowest BCUT2D eigenvalue weighted by Gasteiger charge is -2.34. The van der Waals surface area contributed by atoms with Crippen LogP contribution in [0.2, 0.25) is 0 Å². The molecule has 0 spiro atoms. The van der Waals surface area contributed by atoms with Gasteiger partial charge < -0.3 is 9.88 Å². The molecule has 0 aliphatic carbocycles. The molecular formula is C19H24N6O3S. The summed E-state index contributed by atoms with van der Waals surface area (Å²) < 4.78 is 29.4. The van der Waals surface area contributed by atoms with Crippen LogP contribution in [0.4, 0.5) is 0 Å². The van der Waals surface area contributed by atoms with Crippen LogP contribution in [0.3, 0.4) is 0 Å². The molecule has 154 valence electrons. The molecule has 0 aromatic carbocycles. The van der Waals surface area contributed by atoms with Crippen LogP contribution in [0, 0.1) is 13.8 Å². The Balaban J connectivity index is 1.38. The van der Waals surface area contributed by atoms with E-state index in [1.165, 1.54) is 10.5 Å². The fourth-order valence-corrected chi connectivity index (χ4v) is 5.29. The van der Waals surface area contributed by atoms with E-state index in [1.54, 1.807) is 23.2 Å². The molecule has 9 nitrogen and oxygen atoms in total. The molecule has 10 heteroatoms. The van der Waals surface area contributed by atoms with Crippen molar-refractivity contribution in [1.82, 2.24) is 29.0 Å². The van der Waals surface area contributed by atoms with Crippen LogP contribution in [-0.4, -0.2) is 69.5 Å². The minimum absolute atomic E-state index is 0.0193. The summed E-state index contributed by atoms with van der Waals surface area (Å²) in [6.07, 6.45) is 3.45. The van der Waals surface area contributed by atoms with Crippen molar-refractivity contribution >= 4 is 27.0 Å². The number of H-pyrrole nitrogens is 1. The van der Waals surface area contributed by atoms with Gasteiger partial charge in [-0.1, -0.05) is 0 Å². The molecule has 1 aliphatic heterocycles. The first-order valence-corrected chi connectivity index (χ1v) is 11.0. The minimum atomic E-state index is -3.64. The maximum atomic E-state index is 13.1. The van der Waals surface area contributed by atoms with Crippen molar-refractivity contribution in [3.05, 3.63) is 42.0 Å². The summed E-state index contributed by atoms with van der Waals surface area (Å²) in [6, 6.07) is 5.44. The zero-order valence-electron chi connectivity index (χ0n) is 16.5. The van der Waals surface area contributed by atoms with Gasteiger partial charge in [0.25, 0.3) is 0 Å². The van der Waals surface area contributed by atoms with Gasteiger partial charge in [-0.05, 0) is 32.0 Å². The number of nitrogens with one attached hydrogen (secondary N) is 1. The molecular weight excluding hydrogens is 392 g/mol. The predicted octanol–water partition coefficient (Wildman–Crippen LogP) is 1.30. The zero-order chi connectivity index (χ0) is 20.6. The number of hydrogen-bond donors (Lipinski definition) is 1. The number of sulfonamides is 1. The number of aryl methyl sites for hydroxylation is 3. The maximum absolute atomic E-state index is 13.1. The van der Waals surface area contributed by atoms with Gasteiger partial charge in [0.15, 0.2) is 0 Å². The number of carbonyl (C=O) groups excluding carboxylic acids is 1. The van der Waals surface area contributed by atoms with Gasteiger partial charge in [-0.3, -0.25) is 9.48 Å². The van der Waals surface area contributed by atoms with Crippen molar-refractivity contribution in [3.63, 3.8) is 0 Å². The van der Waals surface area contributed by atoms with Crippen LogP contribution < -0.4 is 0 Å². The largest absolute Gasteiger partial charge is 0.345 e. The van der Waals surface area contributed by atoms with E-state index in [4.69, 9.17) is 0 Å². The number of fused-ring (bicyclic) bond motifs is 1. The molecule has 3 aromatic heterocycles. The summed E-state index contributed by atoms with van der Waals surface area (Å²) in [7, 11) is -3.64. The fourth-order valence-electron chi connectivity index (χ4n) is 3.72. The van der Waals surface area contributed by atoms with E-state index in [1.807, 2.05) is 24.6 Å². The van der Waals surface area contributed by atoms with Gasteiger partial charge in [0.1, 0.15) is 10.5 Å². The second-order valence-electron chi connectivity index (χ2n) is 7.24. The number of aromatic amines is 1. The number of hydrogen-bond acceptors (Lipinski definition) is 5. The van der Waals surface area contributed by atoms with Crippen molar-refractivity contribution in [2.45, 2.75) is 31.7 Å². The highest BCUT2D eigenvalue weighted by Crippen LogP contribution is 2.25. The molecule has 1 aliphatic rings. The Bertz CT molecular complexity index is 1140. The highest BCUT2D eigenvalue weighted by Gasteiger charge is 2.31. The number of rotatable bonds is 5. The molecule has 1 saturated heterocycles. The molecule has 0 unspecified atom stereocenters. The third-order valence-corrected chi connectivity index (χ3v) is 7.20. The molecule has 4 heterocycles. The van der Waals surface area contributed by atoms with Crippen LogP contribution in [0.15, 0.2) is 35.5 Å². The Labute approximate surface area is 169 Å². The van der Waals surface area contributed by atoms with Crippen LogP contribution in [-0.2, 0) is 21.4 Å². The Hall–Kier alpha value is -2.72. The first-order valence-electron chi connectivity index (χ1n) is 9.57. The fraction of sp³-hybridized carbons (Fsp3) is 0.421. The molecule has 1 fully saturated rings. The van der Waals surface area contributed by atoms with Gasteiger partial charge in [-0.2, -0.15) is 9.40 Å². The number of pyridine rings is 1. The van der Waals surface area contributed by atoms with Crippen molar-refractivity contribution in [1.29, 1.82) is 0 Å². The summed E-state index contributed by atoms with van der Waals surface area (Å²) >= 11 is 0. The van der Waals surface area contributed by atoms with Gasteiger partial charge in [0.05, 0.1) is 5.69 Å². The second kappa shape index (κ2) is 7.60. The van der Waals surface area contributed by atoms with E-state index in [2.05, 4.69) is 15.1 Å². The molecule has 0 atom stereocenters. The number of aromatic nitrogens is 4. The van der Waals surface area contributed by atoms with E-state index in [-0.39, 0.29) is 23.9 Å². The number of carbonyl (C=O) groups is 1. The van der Waals surface area contributed by atoms with E-state index in [0.29, 0.717) is 37.1 Å². The maximum Gasteiger partial charge on any atom is 0.245 e. The van der Waals surface area contributed by atoms with Crippen molar-refractivity contribution in [2.75, 3.05) is 26.2 Å². The molecule has 29 heavy (non-hydrogen) atoms. The summed E-state index contributed by atoms with van der Waals surface area (Å²) in [5.74, 6) is 0.0193. The molecule has 0 bridgehead atoms. The Kier molecular flexibility index (Phi) is 5.13. The number of piperazine rings is 1. The summed E-state index contributed by atoms with van der Waals surface area (Å²) in [6.45, 7) is 5.75. The SMILES string of the molecule is Cc1cc(C)n(CCC(=O)N2CCN(S(=O)(=O)c3c[nH]c4ncccc34)CC2)n1. The van der Waals surface area contributed by atoms with E-state index in [9.17, 15) is 13.2 Å². The molecule has 1 amide bonds. The normalized spacial score (nSPS) is 15.9. The van der Waals surface area contributed by atoms with Crippen LogP contribution >= 0.6 is 0 Å². The van der Waals surface area contributed by atoms with E-state index < -0.39 is 10.0 Å². The number of amides is 1. The summed E-state index contributed by atoms with van der Waals surface area (Å²) in [4.78, 5) is 21.6. The topological polar surface area (TPSA) is 104 Å². The van der Waals surface area contributed by atoms with Gasteiger partial charge in [-0.15, -0.1) is 0 Å². The lowest BCUT2D eigenvalue weighted by atomic mass is 10.3. The van der Waals surface area contributed by atoms with Crippen molar-refractivity contribution < 1.29 is 13.2 Å². The first kappa shape index (κ1) is 19.6. The molecule has 1 N–H and O–H groups in total. The lowest BCUT2D eigenvalue weighted by Crippen LogP contribution is -2.50. The smallest absolute Gasteiger partial charge is 0.245 e. The van der Waals surface area contributed by atoms with Gasteiger partial charge >= 0.3 is 0 Å². The first-order chi connectivity index (χ1) is 13.9. The third-order valence-electron chi connectivity index (χ3n) is 5.26. The Morgan fingerprint density at radius 1 is 1.21 bits per heavy atom. The van der Waals surface area contributed by atoms with Gasteiger partial charge in [0.2, 0.25) is 15.9 Å². The average Bonchev–Trinajstić information content (AvgIpc) is 3.29. The monoisotopic (exact) mass is 416 g/mol. The Morgan fingerprint density at radius 3 is 2.66 bits per heavy atom.